The average Bonchev–Trinajstić information content (AvgIpc) is 2.90. The van der Waals surface area contributed by atoms with Crippen LogP contribution in [0.3, 0.4) is 0 Å². The van der Waals surface area contributed by atoms with Gasteiger partial charge in [0.15, 0.2) is 6.10 Å². The van der Waals surface area contributed by atoms with Crippen molar-refractivity contribution in [1.82, 2.24) is 20.0 Å². The Morgan fingerprint density at radius 1 is 1.68 bits per heavy atom. The fraction of sp³-hybridized carbons (Fsp3) is 0.545. The third-order valence-electron chi connectivity index (χ3n) is 2.91. The van der Waals surface area contributed by atoms with Gasteiger partial charge >= 0.3 is 12.0 Å². The summed E-state index contributed by atoms with van der Waals surface area (Å²) in [6.07, 6.45) is 2.41. The van der Waals surface area contributed by atoms with Crippen LogP contribution in [0, 0.1) is 0 Å². The molecule has 1 unspecified atom stereocenters. The van der Waals surface area contributed by atoms with Gasteiger partial charge in [-0.3, -0.25) is 5.10 Å². The quantitative estimate of drug-likeness (QED) is 0.787. The number of carboxylic acid groups (broad SMARTS) is 1. The molecule has 8 nitrogen and oxygen atoms in total. The first kappa shape index (κ1) is 13.3. The first-order chi connectivity index (χ1) is 9.08. The Hall–Kier alpha value is -2.09. The number of H-pyrrole nitrogens is 1. The van der Waals surface area contributed by atoms with E-state index >= 15 is 0 Å². The molecule has 1 aromatic rings. The van der Waals surface area contributed by atoms with Crippen molar-refractivity contribution in [2.45, 2.75) is 12.6 Å². The molecule has 19 heavy (non-hydrogen) atoms. The summed E-state index contributed by atoms with van der Waals surface area (Å²) in [7, 11) is 1.67. The van der Waals surface area contributed by atoms with Gasteiger partial charge in [0.2, 0.25) is 0 Å². The summed E-state index contributed by atoms with van der Waals surface area (Å²) < 4.78 is 5.08. The maximum atomic E-state index is 12.2. The number of nitrogens with one attached hydrogen (secondary N) is 1. The van der Waals surface area contributed by atoms with E-state index < -0.39 is 12.1 Å². The smallest absolute Gasteiger partial charge is 0.334 e. The number of aliphatic carboxylic acids is 1. The number of hydrogen-bond donors (Lipinski definition) is 2. The van der Waals surface area contributed by atoms with E-state index in [1.165, 1.54) is 9.80 Å². The lowest BCUT2D eigenvalue weighted by Crippen LogP contribution is -2.51. The molecule has 1 aliphatic rings. The highest BCUT2D eigenvalue weighted by atomic mass is 16.5. The molecule has 1 aliphatic heterocycles. The summed E-state index contributed by atoms with van der Waals surface area (Å²) in [5, 5.41) is 15.4. The Kier molecular flexibility index (Phi) is 4.00. The number of rotatable bonds is 3. The van der Waals surface area contributed by atoms with E-state index in [9.17, 15) is 9.59 Å². The highest BCUT2D eigenvalue weighted by Gasteiger charge is 2.30. The lowest BCUT2D eigenvalue weighted by Gasteiger charge is -2.33. The molecule has 0 spiro atoms. The number of nitrogens with zero attached hydrogens (tertiary/aromatic N) is 3. The second kappa shape index (κ2) is 5.70. The van der Waals surface area contributed by atoms with Crippen molar-refractivity contribution >= 4 is 12.0 Å². The summed E-state index contributed by atoms with van der Waals surface area (Å²) in [6, 6.07) is -0.212. The summed E-state index contributed by atoms with van der Waals surface area (Å²) >= 11 is 0. The monoisotopic (exact) mass is 268 g/mol. The molecule has 0 aromatic carbocycles. The van der Waals surface area contributed by atoms with Crippen molar-refractivity contribution in [3.8, 4) is 0 Å². The highest BCUT2D eigenvalue weighted by Crippen LogP contribution is 2.10. The van der Waals surface area contributed by atoms with E-state index in [0.29, 0.717) is 13.1 Å². The van der Waals surface area contributed by atoms with Gasteiger partial charge in [-0.15, -0.1) is 0 Å². The van der Waals surface area contributed by atoms with Crippen molar-refractivity contribution < 1.29 is 19.4 Å². The lowest BCUT2D eigenvalue weighted by molar-refractivity contribution is -0.154. The Morgan fingerprint density at radius 3 is 3.11 bits per heavy atom. The van der Waals surface area contributed by atoms with Gasteiger partial charge in [0.1, 0.15) is 0 Å². The number of carbonyl (C=O) groups excluding carboxylic acids is 1. The molecule has 8 heteroatoms. The number of hydrogen-bond acceptors (Lipinski definition) is 4. The van der Waals surface area contributed by atoms with Crippen LogP contribution in [0.15, 0.2) is 12.4 Å². The zero-order chi connectivity index (χ0) is 13.8. The van der Waals surface area contributed by atoms with E-state index in [4.69, 9.17) is 9.84 Å². The Labute approximate surface area is 109 Å². The number of aromatic amines is 1. The van der Waals surface area contributed by atoms with Crippen molar-refractivity contribution in [3.05, 3.63) is 18.0 Å². The molecule has 2 rings (SSSR count). The molecule has 0 bridgehead atoms. The second-order valence-corrected chi connectivity index (χ2v) is 4.39. The molecule has 1 saturated heterocycles. The molecule has 1 fully saturated rings. The zero-order valence-corrected chi connectivity index (χ0v) is 10.6. The minimum atomic E-state index is -1.05. The molecule has 2 heterocycles. The topological polar surface area (TPSA) is 98.8 Å². The van der Waals surface area contributed by atoms with Crippen LogP contribution in [-0.4, -0.2) is 70.0 Å². The van der Waals surface area contributed by atoms with Gasteiger partial charge in [-0.1, -0.05) is 0 Å². The Morgan fingerprint density at radius 2 is 2.47 bits per heavy atom. The fourth-order valence-corrected chi connectivity index (χ4v) is 1.92. The normalized spacial score (nSPS) is 19.2. The number of morpholine rings is 1. The van der Waals surface area contributed by atoms with Crippen molar-refractivity contribution in [1.29, 1.82) is 0 Å². The summed E-state index contributed by atoms with van der Waals surface area (Å²) in [4.78, 5) is 26.0. The molecular formula is C11H16N4O4. The van der Waals surface area contributed by atoms with Crippen LogP contribution >= 0.6 is 0 Å². The van der Waals surface area contributed by atoms with E-state index in [-0.39, 0.29) is 19.2 Å². The maximum absolute atomic E-state index is 12.2. The molecule has 0 saturated carbocycles. The number of carboxylic acids is 1. The standard InChI is InChI=1S/C11H16N4O4/c1-14(6-8-4-12-13-5-8)11(18)15-2-3-19-9(7-15)10(16)17/h4-5,9H,2-3,6-7H2,1H3,(H,12,13)(H,16,17). The van der Waals surface area contributed by atoms with Gasteiger partial charge < -0.3 is 19.6 Å². The van der Waals surface area contributed by atoms with E-state index in [1.807, 2.05) is 0 Å². The predicted octanol–water partition coefficient (Wildman–Crippen LogP) is -0.253. The van der Waals surface area contributed by atoms with E-state index in [0.717, 1.165) is 5.56 Å². The zero-order valence-electron chi connectivity index (χ0n) is 10.6. The van der Waals surface area contributed by atoms with Gasteiger partial charge in [-0.25, -0.2) is 9.59 Å². The van der Waals surface area contributed by atoms with Crippen LogP contribution in [0.1, 0.15) is 5.56 Å². The van der Waals surface area contributed by atoms with E-state index in [1.54, 1.807) is 19.4 Å². The van der Waals surface area contributed by atoms with Crippen LogP contribution in [-0.2, 0) is 16.1 Å². The Bertz CT molecular complexity index is 448. The molecule has 2 amide bonds. The predicted molar refractivity (Wildman–Crippen MR) is 64.4 cm³/mol. The summed E-state index contributed by atoms with van der Waals surface area (Å²) in [5.74, 6) is -1.05. The average molecular weight is 268 g/mol. The van der Waals surface area contributed by atoms with Crippen LogP contribution in [0.4, 0.5) is 4.79 Å². The van der Waals surface area contributed by atoms with Gasteiger partial charge in [0.05, 0.1) is 25.9 Å². The van der Waals surface area contributed by atoms with Crippen molar-refractivity contribution in [2.75, 3.05) is 26.7 Å². The van der Waals surface area contributed by atoms with Crippen molar-refractivity contribution in [3.63, 3.8) is 0 Å². The fourth-order valence-electron chi connectivity index (χ4n) is 1.92. The SMILES string of the molecule is CN(Cc1cn[nH]c1)C(=O)N1CCOC(C(=O)O)C1. The number of urea groups is 1. The van der Waals surface area contributed by atoms with Gasteiger partial charge in [0, 0.05) is 25.4 Å². The minimum absolute atomic E-state index is 0.0733. The summed E-state index contributed by atoms with van der Waals surface area (Å²) in [5.41, 5.74) is 0.888. The number of aromatic nitrogens is 2. The molecular weight excluding hydrogens is 252 g/mol. The van der Waals surface area contributed by atoms with Crippen LogP contribution in [0.2, 0.25) is 0 Å². The first-order valence-corrected chi connectivity index (χ1v) is 5.90. The second-order valence-electron chi connectivity index (χ2n) is 4.39. The Balaban J connectivity index is 1.93. The molecule has 0 aliphatic carbocycles. The first-order valence-electron chi connectivity index (χ1n) is 5.90. The van der Waals surface area contributed by atoms with Gasteiger partial charge in [-0.05, 0) is 0 Å². The molecule has 2 N–H and O–H groups in total. The third-order valence-corrected chi connectivity index (χ3v) is 2.91. The van der Waals surface area contributed by atoms with Crippen molar-refractivity contribution in [2.24, 2.45) is 0 Å². The van der Waals surface area contributed by atoms with Gasteiger partial charge in [0.25, 0.3) is 0 Å². The van der Waals surface area contributed by atoms with Gasteiger partial charge in [-0.2, -0.15) is 5.10 Å². The number of ether oxygens (including phenoxy) is 1. The minimum Gasteiger partial charge on any atom is -0.479 e. The third kappa shape index (κ3) is 3.22. The highest BCUT2D eigenvalue weighted by molar-refractivity contribution is 5.77. The number of carbonyl (C=O) groups is 2. The van der Waals surface area contributed by atoms with E-state index in [2.05, 4.69) is 10.2 Å². The number of amides is 2. The maximum Gasteiger partial charge on any atom is 0.334 e. The molecule has 1 atom stereocenters. The molecule has 1 aromatic heterocycles. The molecule has 104 valence electrons. The summed E-state index contributed by atoms with van der Waals surface area (Å²) in [6.45, 7) is 1.13. The molecule has 0 radical (unpaired) electrons. The lowest BCUT2D eigenvalue weighted by atomic mass is 10.3. The van der Waals surface area contributed by atoms with Crippen LogP contribution < -0.4 is 0 Å². The van der Waals surface area contributed by atoms with Crippen LogP contribution in [0.25, 0.3) is 0 Å². The van der Waals surface area contributed by atoms with Crippen LogP contribution in [0.5, 0.6) is 0 Å². The largest absolute Gasteiger partial charge is 0.479 e.